The number of carbonyl (C=O) groups is 2. The van der Waals surface area contributed by atoms with Crippen LogP contribution in [-0.4, -0.2) is 22.2 Å². The predicted molar refractivity (Wildman–Crippen MR) is 47.4 cm³/mol. The first-order valence-electron chi connectivity index (χ1n) is 4.07. The normalized spacial score (nSPS) is 11.8. The fraction of sp³-hybridized carbons (Fsp3) is 0.556. The standard InChI is InChI=1S/C9H14O4/c1-6(2)3-4-7(9(12)13)5-8(10)11/h4,6H,3,5H2,1-2H3,(H,10,11)(H,12,13). The minimum atomic E-state index is -1.15. The van der Waals surface area contributed by atoms with Crippen molar-refractivity contribution in [1.82, 2.24) is 0 Å². The Morgan fingerprint density at radius 3 is 2.15 bits per heavy atom. The average Bonchev–Trinajstić information content (AvgIpc) is 1.96. The summed E-state index contributed by atoms with van der Waals surface area (Å²) in [4.78, 5) is 20.8. The molecule has 0 radical (unpaired) electrons. The van der Waals surface area contributed by atoms with Crippen molar-refractivity contribution < 1.29 is 19.8 Å². The summed E-state index contributed by atoms with van der Waals surface area (Å²) in [5, 5.41) is 17.0. The second kappa shape index (κ2) is 5.35. The summed E-state index contributed by atoms with van der Waals surface area (Å²) in [6.45, 7) is 3.88. The molecule has 0 aliphatic rings. The lowest BCUT2D eigenvalue weighted by Crippen LogP contribution is -2.07. The van der Waals surface area contributed by atoms with E-state index in [9.17, 15) is 9.59 Å². The lowest BCUT2D eigenvalue weighted by atomic mass is 10.1. The molecule has 0 rings (SSSR count). The molecule has 0 spiro atoms. The largest absolute Gasteiger partial charge is 0.481 e. The van der Waals surface area contributed by atoms with Gasteiger partial charge in [-0.05, 0) is 12.3 Å². The van der Waals surface area contributed by atoms with Crippen molar-refractivity contribution in [3.8, 4) is 0 Å². The molecule has 0 fully saturated rings. The molecule has 0 amide bonds. The van der Waals surface area contributed by atoms with Crippen molar-refractivity contribution in [2.45, 2.75) is 26.7 Å². The molecule has 0 aromatic carbocycles. The molecule has 0 heterocycles. The van der Waals surface area contributed by atoms with Crippen molar-refractivity contribution in [3.05, 3.63) is 11.6 Å². The SMILES string of the molecule is CC(C)CC=C(CC(=O)O)C(=O)O. The van der Waals surface area contributed by atoms with Crippen LogP contribution in [0.25, 0.3) is 0 Å². The average molecular weight is 186 g/mol. The third-order valence-electron chi connectivity index (χ3n) is 1.45. The van der Waals surface area contributed by atoms with E-state index < -0.39 is 18.4 Å². The number of rotatable bonds is 5. The van der Waals surface area contributed by atoms with Crippen LogP contribution >= 0.6 is 0 Å². The Balaban J connectivity index is 4.32. The van der Waals surface area contributed by atoms with Crippen LogP contribution in [-0.2, 0) is 9.59 Å². The Kier molecular flexibility index (Phi) is 4.80. The van der Waals surface area contributed by atoms with Gasteiger partial charge in [-0.15, -0.1) is 0 Å². The molecule has 0 saturated carbocycles. The van der Waals surface area contributed by atoms with Crippen LogP contribution in [0.15, 0.2) is 11.6 Å². The highest BCUT2D eigenvalue weighted by Crippen LogP contribution is 2.08. The van der Waals surface area contributed by atoms with Crippen LogP contribution < -0.4 is 0 Å². The van der Waals surface area contributed by atoms with Crippen LogP contribution in [0.1, 0.15) is 26.7 Å². The van der Waals surface area contributed by atoms with Gasteiger partial charge < -0.3 is 10.2 Å². The Hall–Kier alpha value is -1.32. The second-order valence-electron chi connectivity index (χ2n) is 3.23. The lowest BCUT2D eigenvalue weighted by Gasteiger charge is -2.01. The smallest absolute Gasteiger partial charge is 0.331 e. The summed E-state index contributed by atoms with van der Waals surface area (Å²) in [5.41, 5.74) is -0.0406. The van der Waals surface area contributed by atoms with E-state index in [0.717, 1.165) is 0 Å². The molecule has 2 N–H and O–H groups in total. The molecule has 0 saturated heterocycles. The van der Waals surface area contributed by atoms with E-state index in [1.165, 1.54) is 6.08 Å². The fourth-order valence-electron chi connectivity index (χ4n) is 0.776. The maximum absolute atomic E-state index is 10.5. The van der Waals surface area contributed by atoms with Gasteiger partial charge in [0.1, 0.15) is 0 Å². The van der Waals surface area contributed by atoms with Gasteiger partial charge in [0.05, 0.1) is 6.42 Å². The summed E-state index contributed by atoms with van der Waals surface area (Å²) >= 11 is 0. The van der Waals surface area contributed by atoms with Crippen LogP contribution in [0.5, 0.6) is 0 Å². The van der Waals surface area contributed by atoms with E-state index in [-0.39, 0.29) is 5.57 Å². The van der Waals surface area contributed by atoms with Crippen LogP contribution in [0.4, 0.5) is 0 Å². The molecule has 0 atom stereocenters. The summed E-state index contributed by atoms with van der Waals surface area (Å²) in [7, 11) is 0. The van der Waals surface area contributed by atoms with E-state index in [1.807, 2.05) is 13.8 Å². The van der Waals surface area contributed by atoms with Gasteiger partial charge in [-0.25, -0.2) is 4.79 Å². The third kappa shape index (κ3) is 5.90. The highest BCUT2D eigenvalue weighted by molar-refractivity contribution is 5.91. The molecule has 74 valence electrons. The molecule has 0 aliphatic heterocycles. The zero-order valence-electron chi connectivity index (χ0n) is 7.78. The molecular formula is C9H14O4. The first kappa shape index (κ1) is 11.7. The lowest BCUT2D eigenvalue weighted by molar-refractivity contribution is -0.139. The number of carboxylic acids is 2. The zero-order valence-corrected chi connectivity index (χ0v) is 7.78. The van der Waals surface area contributed by atoms with E-state index in [0.29, 0.717) is 12.3 Å². The van der Waals surface area contributed by atoms with Gasteiger partial charge in [0, 0.05) is 5.57 Å². The third-order valence-corrected chi connectivity index (χ3v) is 1.45. The molecule has 0 unspecified atom stereocenters. The number of carboxylic acid groups (broad SMARTS) is 2. The molecule has 0 aromatic heterocycles. The molecule has 0 aromatic rings. The summed E-state index contributed by atoms with van der Waals surface area (Å²) in [5.74, 6) is -1.93. The van der Waals surface area contributed by atoms with Gasteiger partial charge in [-0.1, -0.05) is 19.9 Å². The minimum Gasteiger partial charge on any atom is -0.481 e. The molecular weight excluding hydrogens is 172 g/mol. The van der Waals surface area contributed by atoms with Crippen molar-refractivity contribution >= 4 is 11.9 Å². The fourth-order valence-corrected chi connectivity index (χ4v) is 0.776. The second-order valence-corrected chi connectivity index (χ2v) is 3.23. The van der Waals surface area contributed by atoms with Crippen molar-refractivity contribution in [2.75, 3.05) is 0 Å². The number of aliphatic carboxylic acids is 2. The maximum Gasteiger partial charge on any atom is 0.331 e. The van der Waals surface area contributed by atoms with Crippen molar-refractivity contribution in [2.24, 2.45) is 5.92 Å². The van der Waals surface area contributed by atoms with E-state index in [2.05, 4.69) is 0 Å². The topological polar surface area (TPSA) is 74.6 Å². The number of allylic oxidation sites excluding steroid dienone is 1. The number of hydrogen-bond donors (Lipinski definition) is 2. The minimum absolute atomic E-state index is 0.0406. The van der Waals surface area contributed by atoms with E-state index >= 15 is 0 Å². The Labute approximate surface area is 76.9 Å². The highest BCUT2D eigenvalue weighted by atomic mass is 16.4. The monoisotopic (exact) mass is 186 g/mol. The van der Waals surface area contributed by atoms with Gasteiger partial charge in [-0.3, -0.25) is 4.79 Å². The maximum atomic E-state index is 10.5. The van der Waals surface area contributed by atoms with E-state index in [1.54, 1.807) is 0 Å². The van der Waals surface area contributed by atoms with Gasteiger partial charge in [0.2, 0.25) is 0 Å². The van der Waals surface area contributed by atoms with Crippen LogP contribution in [0.2, 0.25) is 0 Å². The first-order valence-corrected chi connectivity index (χ1v) is 4.07. The van der Waals surface area contributed by atoms with Gasteiger partial charge >= 0.3 is 11.9 Å². The zero-order chi connectivity index (χ0) is 10.4. The first-order chi connectivity index (χ1) is 5.93. The molecule has 0 bridgehead atoms. The van der Waals surface area contributed by atoms with E-state index in [4.69, 9.17) is 10.2 Å². The molecule has 4 heteroatoms. The molecule has 0 aliphatic carbocycles. The Morgan fingerprint density at radius 1 is 1.31 bits per heavy atom. The van der Waals surface area contributed by atoms with Crippen molar-refractivity contribution in [1.29, 1.82) is 0 Å². The molecule has 13 heavy (non-hydrogen) atoms. The quantitative estimate of drug-likeness (QED) is 0.638. The van der Waals surface area contributed by atoms with Gasteiger partial charge in [0.15, 0.2) is 0 Å². The Morgan fingerprint density at radius 2 is 1.85 bits per heavy atom. The van der Waals surface area contributed by atoms with Crippen LogP contribution in [0, 0.1) is 5.92 Å². The van der Waals surface area contributed by atoms with Gasteiger partial charge in [0.25, 0.3) is 0 Å². The van der Waals surface area contributed by atoms with Crippen LogP contribution in [0.3, 0.4) is 0 Å². The highest BCUT2D eigenvalue weighted by Gasteiger charge is 2.11. The Bertz CT molecular complexity index is 228. The predicted octanol–water partition coefficient (Wildman–Crippen LogP) is 1.52. The molecule has 4 nitrogen and oxygen atoms in total. The number of hydrogen-bond acceptors (Lipinski definition) is 2. The summed E-state index contributed by atoms with van der Waals surface area (Å²) in [6, 6.07) is 0. The summed E-state index contributed by atoms with van der Waals surface area (Å²) < 4.78 is 0. The van der Waals surface area contributed by atoms with Crippen molar-refractivity contribution in [3.63, 3.8) is 0 Å². The van der Waals surface area contributed by atoms with Gasteiger partial charge in [-0.2, -0.15) is 0 Å². The summed E-state index contributed by atoms with van der Waals surface area (Å²) in [6.07, 6.45) is 1.65.